The van der Waals surface area contributed by atoms with E-state index in [4.69, 9.17) is 13.9 Å². The van der Waals surface area contributed by atoms with Crippen LogP contribution in [0.25, 0.3) is 0 Å². The topological polar surface area (TPSA) is 76.8 Å². The van der Waals surface area contributed by atoms with Gasteiger partial charge in [0.2, 0.25) is 0 Å². The van der Waals surface area contributed by atoms with Crippen molar-refractivity contribution >= 4 is 5.91 Å². The van der Waals surface area contributed by atoms with Crippen LogP contribution in [0, 0.1) is 5.92 Å². The number of carbonyl (C=O) groups is 1. The predicted octanol–water partition coefficient (Wildman–Crippen LogP) is 2.69. The summed E-state index contributed by atoms with van der Waals surface area (Å²) in [6.07, 6.45) is 3.87. The molecule has 4 heterocycles. The van der Waals surface area contributed by atoms with Gasteiger partial charge in [-0.1, -0.05) is 0 Å². The van der Waals surface area contributed by atoms with Crippen LogP contribution in [0.2, 0.25) is 0 Å². The number of aromatic nitrogens is 1. The molecule has 0 aliphatic carbocycles. The van der Waals surface area contributed by atoms with E-state index >= 15 is 0 Å². The summed E-state index contributed by atoms with van der Waals surface area (Å²) in [5, 5.41) is 3.23. The van der Waals surface area contributed by atoms with E-state index in [2.05, 4.69) is 22.1 Å². The fraction of sp³-hybridized carbons (Fsp3) is 0.474. The monoisotopic (exact) mass is 357 g/mol. The van der Waals surface area contributed by atoms with Gasteiger partial charge < -0.3 is 19.2 Å². The molecule has 0 radical (unpaired) electrons. The summed E-state index contributed by atoms with van der Waals surface area (Å²) < 4.78 is 15.6. The first kappa shape index (κ1) is 16.9. The van der Waals surface area contributed by atoms with Crippen LogP contribution < -0.4 is 14.8 Å². The highest BCUT2D eigenvalue weighted by Crippen LogP contribution is 2.32. The number of hydrogen-bond donors (Lipinski definition) is 1. The average Bonchev–Trinajstić information content (AvgIpc) is 3.13. The molecule has 7 nitrogen and oxygen atoms in total. The van der Waals surface area contributed by atoms with Crippen LogP contribution in [-0.4, -0.2) is 48.1 Å². The first-order valence-electron chi connectivity index (χ1n) is 8.96. The number of nitrogens with one attached hydrogen (secondary N) is 1. The van der Waals surface area contributed by atoms with Gasteiger partial charge in [-0.05, 0) is 63.0 Å². The second-order valence-electron chi connectivity index (χ2n) is 6.89. The van der Waals surface area contributed by atoms with Gasteiger partial charge >= 0.3 is 12.0 Å². The predicted molar refractivity (Wildman–Crippen MR) is 94.6 cm³/mol. The second kappa shape index (κ2) is 6.99. The van der Waals surface area contributed by atoms with Gasteiger partial charge in [0.05, 0.1) is 7.11 Å². The minimum atomic E-state index is -0.0417. The second-order valence-corrected chi connectivity index (χ2v) is 6.89. The van der Waals surface area contributed by atoms with Crippen molar-refractivity contribution in [1.29, 1.82) is 0 Å². The zero-order valence-corrected chi connectivity index (χ0v) is 15.0. The molecule has 1 amide bonds. The highest BCUT2D eigenvalue weighted by molar-refractivity contribution is 5.94. The Balaban J connectivity index is 1.39. The Labute approximate surface area is 152 Å². The highest BCUT2D eigenvalue weighted by Gasteiger charge is 2.40. The lowest BCUT2D eigenvalue weighted by molar-refractivity contribution is 0.0217. The van der Waals surface area contributed by atoms with Gasteiger partial charge in [0.1, 0.15) is 11.9 Å². The van der Waals surface area contributed by atoms with Gasteiger partial charge in [0, 0.05) is 17.6 Å². The minimum Gasteiger partial charge on any atom is -0.467 e. The molecule has 1 N–H and O–H groups in total. The standard InChI is InChI=1S/C19H23N3O4/c1-12-17(13-7-9-22(12)10-8-13)21-18(23)14-3-5-15(6-4-14)25-19-20-11-16(24-2)26-19/h3-6,11-13,17H,7-10H2,1-2H3,(H,21,23)/t12-,17+/m1/s1. The lowest BCUT2D eigenvalue weighted by Gasteiger charge is -2.49. The molecule has 3 aliphatic heterocycles. The third kappa shape index (κ3) is 3.26. The zero-order valence-electron chi connectivity index (χ0n) is 15.0. The van der Waals surface area contributed by atoms with Gasteiger partial charge in [-0.15, -0.1) is 0 Å². The van der Waals surface area contributed by atoms with E-state index in [-0.39, 0.29) is 24.0 Å². The van der Waals surface area contributed by atoms with Crippen LogP contribution in [0.4, 0.5) is 0 Å². The minimum absolute atomic E-state index is 0.0417. The Morgan fingerprint density at radius 2 is 2.00 bits per heavy atom. The first-order valence-corrected chi connectivity index (χ1v) is 8.96. The number of benzene rings is 1. The van der Waals surface area contributed by atoms with Crippen LogP contribution >= 0.6 is 0 Å². The maximum atomic E-state index is 12.6. The van der Waals surface area contributed by atoms with Crippen molar-refractivity contribution in [3.05, 3.63) is 36.0 Å². The van der Waals surface area contributed by atoms with Crippen molar-refractivity contribution in [2.24, 2.45) is 5.92 Å². The zero-order chi connectivity index (χ0) is 18.1. The fourth-order valence-corrected chi connectivity index (χ4v) is 3.94. The number of hydrogen-bond acceptors (Lipinski definition) is 6. The quantitative estimate of drug-likeness (QED) is 0.887. The lowest BCUT2D eigenvalue weighted by Crippen LogP contribution is -2.62. The van der Waals surface area contributed by atoms with Crippen molar-refractivity contribution in [2.45, 2.75) is 31.8 Å². The molecule has 0 saturated carbocycles. The lowest BCUT2D eigenvalue weighted by atomic mass is 9.79. The Hall–Kier alpha value is -2.54. The fourth-order valence-electron chi connectivity index (χ4n) is 3.94. The molecule has 26 heavy (non-hydrogen) atoms. The smallest absolute Gasteiger partial charge is 0.402 e. The molecule has 2 atom stereocenters. The van der Waals surface area contributed by atoms with E-state index in [0.717, 1.165) is 13.1 Å². The number of methoxy groups -OCH3 is 1. The average molecular weight is 357 g/mol. The molecule has 7 heteroatoms. The summed E-state index contributed by atoms with van der Waals surface area (Å²) in [7, 11) is 1.49. The third-order valence-electron chi connectivity index (χ3n) is 5.46. The molecule has 2 bridgehead atoms. The number of nitrogens with zero attached hydrogens (tertiary/aromatic N) is 2. The molecule has 1 aromatic carbocycles. The van der Waals surface area contributed by atoms with E-state index < -0.39 is 0 Å². The summed E-state index contributed by atoms with van der Waals surface area (Å²) in [6, 6.07) is 7.57. The summed E-state index contributed by atoms with van der Waals surface area (Å²) in [6.45, 7) is 4.50. The number of amides is 1. The molecule has 0 spiro atoms. The molecule has 3 fully saturated rings. The van der Waals surface area contributed by atoms with Crippen molar-refractivity contribution < 1.29 is 18.7 Å². The van der Waals surface area contributed by atoms with Crippen molar-refractivity contribution in [2.75, 3.05) is 20.2 Å². The molecule has 5 rings (SSSR count). The Morgan fingerprint density at radius 3 is 2.62 bits per heavy atom. The highest BCUT2D eigenvalue weighted by atomic mass is 16.7. The SMILES string of the molecule is COc1cnc(Oc2ccc(C(=O)N[C@@H]3C4CCN(CC4)[C@@H]3C)cc2)o1. The van der Waals surface area contributed by atoms with Crippen molar-refractivity contribution in [3.63, 3.8) is 0 Å². The van der Waals surface area contributed by atoms with E-state index in [1.54, 1.807) is 24.3 Å². The Bertz CT molecular complexity index is 763. The maximum absolute atomic E-state index is 12.6. The van der Waals surface area contributed by atoms with Gasteiger partial charge in [-0.25, -0.2) is 0 Å². The molecule has 3 aliphatic rings. The van der Waals surface area contributed by atoms with Gasteiger partial charge in [0.15, 0.2) is 0 Å². The molecule has 0 unspecified atom stereocenters. The summed E-state index contributed by atoms with van der Waals surface area (Å²) >= 11 is 0. The van der Waals surface area contributed by atoms with Crippen LogP contribution in [0.3, 0.4) is 0 Å². The first-order chi connectivity index (χ1) is 12.6. The summed E-state index contributed by atoms with van der Waals surface area (Å²) in [5.74, 6) is 1.37. The number of fused-ring (bicyclic) bond motifs is 3. The van der Waals surface area contributed by atoms with Gasteiger partial charge in [0.25, 0.3) is 5.91 Å². The number of carbonyl (C=O) groups excluding carboxylic acids is 1. The molecular weight excluding hydrogens is 334 g/mol. The van der Waals surface area contributed by atoms with Gasteiger partial charge in [-0.2, -0.15) is 4.98 Å². The van der Waals surface area contributed by atoms with Crippen LogP contribution in [0.15, 0.2) is 34.9 Å². The summed E-state index contributed by atoms with van der Waals surface area (Å²) in [4.78, 5) is 19.0. The van der Waals surface area contributed by atoms with E-state index in [1.165, 1.54) is 26.1 Å². The molecule has 138 valence electrons. The van der Waals surface area contributed by atoms with E-state index in [1.807, 2.05) is 0 Å². The van der Waals surface area contributed by atoms with Gasteiger partial charge in [-0.3, -0.25) is 9.69 Å². The third-order valence-corrected chi connectivity index (χ3v) is 5.46. The Morgan fingerprint density at radius 1 is 1.27 bits per heavy atom. The number of piperidine rings is 3. The Kier molecular flexibility index (Phi) is 4.55. The number of rotatable bonds is 5. The molecular formula is C19H23N3O4. The van der Waals surface area contributed by atoms with E-state index in [0.29, 0.717) is 23.3 Å². The van der Waals surface area contributed by atoms with Crippen molar-refractivity contribution in [1.82, 2.24) is 15.2 Å². The molecule has 3 saturated heterocycles. The van der Waals surface area contributed by atoms with Crippen LogP contribution in [0.1, 0.15) is 30.1 Å². The number of ether oxygens (including phenoxy) is 2. The van der Waals surface area contributed by atoms with Crippen molar-refractivity contribution in [3.8, 4) is 17.8 Å². The number of oxazole rings is 1. The van der Waals surface area contributed by atoms with E-state index in [9.17, 15) is 4.79 Å². The van der Waals surface area contributed by atoms with Crippen LogP contribution in [-0.2, 0) is 0 Å². The molecule has 1 aromatic heterocycles. The normalized spacial score (nSPS) is 27.2. The maximum Gasteiger partial charge on any atom is 0.402 e. The largest absolute Gasteiger partial charge is 0.467 e. The summed E-state index contributed by atoms with van der Waals surface area (Å²) in [5.41, 5.74) is 0.617. The molecule has 2 aromatic rings. The van der Waals surface area contributed by atoms with Crippen LogP contribution in [0.5, 0.6) is 17.8 Å².